The van der Waals surface area contributed by atoms with Gasteiger partial charge in [-0.3, -0.25) is 14.9 Å². The maximum Gasteiger partial charge on any atom is 0.270 e. The zero-order valence-corrected chi connectivity index (χ0v) is 14.7. The summed E-state index contributed by atoms with van der Waals surface area (Å²) < 4.78 is 5.20. The number of ether oxygens (including phenoxy) is 1. The van der Waals surface area contributed by atoms with E-state index >= 15 is 0 Å². The highest BCUT2D eigenvalue weighted by Gasteiger charge is 2.37. The molecule has 1 aromatic carbocycles. The number of nitrogens with one attached hydrogen (secondary N) is 1. The second-order valence-corrected chi connectivity index (χ2v) is 6.28. The van der Waals surface area contributed by atoms with E-state index in [4.69, 9.17) is 10.5 Å². The molecule has 1 saturated carbocycles. The number of carbonyl (C=O) groups excluding carboxylic acids is 1. The Labute approximate surface area is 147 Å². The molecule has 0 radical (unpaired) electrons. The summed E-state index contributed by atoms with van der Waals surface area (Å²) in [4.78, 5) is 22.9. The highest BCUT2D eigenvalue weighted by Crippen LogP contribution is 2.32. The summed E-state index contributed by atoms with van der Waals surface area (Å²) in [6.45, 7) is 2.08. The van der Waals surface area contributed by atoms with Crippen LogP contribution in [0.1, 0.15) is 38.2 Å². The van der Waals surface area contributed by atoms with E-state index in [0.29, 0.717) is 11.3 Å². The molecule has 0 heterocycles. The van der Waals surface area contributed by atoms with Crippen LogP contribution in [0, 0.1) is 16.0 Å². The van der Waals surface area contributed by atoms with Crippen LogP contribution in [0.5, 0.6) is 5.75 Å². The molecule has 1 fully saturated rings. The van der Waals surface area contributed by atoms with Gasteiger partial charge in [-0.15, -0.1) is 12.4 Å². The second-order valence-electron chi connectivity index (χ2n) is 6.28. The van der Waals surface area contributed by atoms with Crippen LogP contribution in [0.15, 0.2) is 18.2 Å². The van der Waals surface area contributed by atoms with Gasteiger partial charge < -0.3 is 15.8 Å². The lowest BCUT2D eigenvalue weighted by atomic mass is 9.74. The SMILES string of the molecule is COc1ccc([N+](=O)[O-])cc1CNC(=O)C1CCCCC1(C)N.Cl. The largest absolute Gasteiger partial charge is 0.496 e. The van der Waals surface area contributed by atoms with Gasteiger partial charge in [0, 0.05) is 29.8 Å². The van der Waals surface area contributed by atoms with Crippen molar-refractivity contribution in [2.45, 2.75) is 44.7 Å². The summed E-state index contributed by atoms with van der Waals surface area (Å²) in [6, 6.07) is 4.33. The fraction of sp³-hybridized carbons (Fsp3) is 0.562. The van der Waals surface area contributed by atoms with Gasteiger partial charge in [-0.2, -0.15) is 0 Å². The van der Waals surface area contributed by atoms with E-state index in [-0.39, 0.29) is 36.5 Å². The number of rotatable bonds is 5. The van der Waals surface area contributed by atoms with Crippen LogP contribution in [0.3, 0.4) is 0 Å². The van der Waals surface area contributed by atoms with Gasteiger partial charge in [0.05, 0.1) is 18.0 Å². The van der Waals surface area contributed by atoms with Crippen molar-refractivity contribution in [2.24, 2.45) is 11.7 Å². The van der Waals surface area contributed by atoms with E-state index < -0.39 is 10.5 Å². The minimum absolute atomic E-state index is 0. The third kappa shape index (κ3) is 4.58. The number of amides is 1. The fourth-order valence-corrected chi connectivity index (χ4v) is 3.11. The average molecular weight is 358 g/mol. The molecular formula is C16H24ClN3O4. The lowest BCUT2D eigenvalue weighted by Crippen LogP contribution is -2.52. The Balaban J connectivity index is 0.00000288. The van der Waals surface area contributed by atoms with Crippen molar-refractivity contribution in [2.75, 3.05) is 7.11 Å². The molecule has 7 nitrogen and oxygen atoms in total. The van der Waals surface area contributed by atoms with E-state index in [0.717, 1.165) is 25.7 Å². The van der Waals surface area contributed by atoms with Crippen LogP contribution < -0.4 is 15.8 Å². The number of hydrogen-bond donors (Lipinski definition) is 2. The summed E-state index contributed by atoms with van der Waals surface area (Å²) in [7, 11) is 1.49. The van der Waals surface area contributed by atoms with Crippen molar-refractivity contribution in [3.63, 3.8) is 0 Å². The molecule has 0 aliphatic heterocycles. The molecule has 1 aliphatic rings. The molecule has 1 aromatic rings. The number of nitro groups is 1. The number of carbonyl (C=O) groups is 1. The molecule has 2 rings (SSSR count). The number of benzene rings is 1. The van der Waals surface area contributed by atoms with Crippen molar-refractivity contribution in [3.8, 4) is 5.75 Å². The molecule has 24 heavy (non-hydrogen) atoms. The van der Waals surface area contributed by atoms with E-state index in [1.165, 1.54) is 25.3 Å². The van der Waals surface area contributed by atoms with Crippen molar-refractivity contribution in [1.82, 2.24) is 5.32 Å². The minimum atomic E-state index is -0.505. The van der Waals surface area contributed by atoms with Gasteiger partial charge >= 0.3 is 0 Å². The third-order valence-electron chi connectivity index (χ3n) is 4.50. The summed E-state index contributed by atoms with van der Waals surface area (Å²) in [5, 5.41) is 13.7. The van der Waals surface area contributed by atoms with Gasteiger partial charge in [0.15, 0.2) is 0 Å². The van der Waals surface area contributed by atoms with Gasteiger partial charge in [-0.1, -0.05) is 12.8 Å². The van der Waals surface area contributed by atoms with Crippen molar-refractivity contribution in [3.05, 3.63) is 33.9 Å². The monoisotopic (exact) mass is 357 g/mol. The Bertz CT molecular complexity index is 607. The first-order chi connectivity index (χ1) is 10.8. The lowest BCUT2D eigenvalue weighted by molar-refractivity contribution is -0.384. The van der Waals surface area contributed by atoms with E-state index in [2.05, 4.69) is 5.32 Å². The molecule has 2 unspecified atom stereocenters. The number of non-ortho nitro benzene ring substituents is 1. The number of hydrogen-bond acceptors (Lipinski definition) is 5. The number of methoxy groups -OCH3 is 1. The quantitative estimate of drug-likeness (QED) is 0.622. The summed E-state index contributed by atoms with van der Waals surface area (Å²) >= 11 is 0. The second kappa shape index (κ2) is 8.30. The molecule has 0 aromatic heterocycles. The zero-order chi connectivity index (χ0) is 17.0. The van der Waals surface area contributed by atoms with Gasteiger partial charge in [-0.05, 0) is 25.8 Å². The third-order valence-corrected chi connectivity index (χ3v) is 4.50. The fourth-order valence-electron chi connectivity index (χ4n) is 3.11. The summed E-state index contributed by atoms with van der Waals surface area (Å²) in [5.74, 6) is 0.166. The standard InChI is InChI=1S/C16H23N3O4.ClH/c1-16(17)8-4-3-5-13(16)15(20)18-10-11-9-12(19(21)22)6-7-14(11)23-2;/h6-7,9,13H,3-5,8,10,17H2,1-2H3,(H,18,20);1H. The van der Waals surface area contributed by atoms with Crippen molar-refractivity contribution < 1.29 is 14.5 Å². The van der Waals surface area contributed by atoms with Crippen molar-refractivity contribution in [1.29, 1.82) is 0 Å². The van der Waals surface area contributed by atoms with Crippen LogP contribution in [0.25, 0.3) is 0 Å². The van der Waals surface area contributed by atoms with E-state index in [1.807, 2.05) is 6.92 Å². The Morgan fingerprint density at radius 2 is 2.21 bits per heavy atom. The smallest absolute Gasteiger partial charge is 0.270 e. The molecule has 3 N–H and O–H groups in total. The first-order valence-electron chi connectivity index (χ1n) is 7.73. The van der Waals surface area contributed by atoms with Gasteiger partial charge in [-0.25, -0.2) is 0 Å². The number of nitrogens with two attached hydrogens (primary N) is 1. The molecular weight excluding hydrogens is 334 g/mol. The first kappa shape index (κ1) is 20.2. The van der Waals surface area contributed by atoms with Crippen molar-refractivity contribution >= 4 is 24.0 Å². The Morgan fingerprint density at radius 1 is 1.50 bits per heavy atom. The molecule has 1 aliphatic carbocycles. The zero-order valence-electron chi connectivity index (χ0n) is 13.9. The summed E-state index contributed by atoms with van der Waals surface area (Å²) in [5.41, 5.74) is 6.27. The summed E-state index contributed by atoms with van der Waals surface area (Å²) in [6.07, 6.45) is 3.62. The number of nitro benzene ring substituents is 1. The molecule has 2 atom stereocenters. The van der Waals surface area contributed by atoms with E-state index in [1.54, 1.807) is 0 Å². The molecule has 0 bridgehead atoms. The van der Waals surface area contributed by atoms with Gasteiger partial charge in [0.2, 0.25) is 5.91 Å². The molecule has 0 saturated heterocycles. The number of nitrogens with zero attached hydrogens (tertiary/aromatic N) is 1. The number of halogens is 1. The van der Waals surface area contributed by atoms with Crippen LogP contribution in [0.4, 0.5) is 5.69 Å². The highest BCUT2D eigenvalue weighted by atomic mass is 35.5. The van der Waals surface area contributed by atoms with Crippen LogP contribution in [-0.4, -0.2) is 23.5 Å². The van der Waals surface area contributed by atoms with Crippen LogP contribution in [0.2, 0.25) is 0 Å². The van der Waals surface area contributed by atoms with Gasteiger partial charge in [0.25, 0.3) is 5.69 Å². The maximum absolute atomic E-state index is 12.4. The molecule has 0 spiro atoms. The highest BCUT2D eigenvalue weighted by molar-refractivity contribution is 5.85. The Hall–Kier alpha value is -1.86. The Kier molecular flexibility index (Phi) is 6.98. The predicted molar refractivity (Wildman–Crippen MR) is 93.3 cm³/mol. The molecule has 8 heteroatoms. The molecule has 134 valence electrons. The van der Waals surface area contributed by atoms with Gasteiger partial charge in [0.1, 0.15) is 5.75 Å². The lowest BCUT2D eigenvalue weighted by Gasteiger charge is -2.37. The maximum atomic E-state index is 12.4. The average Bonchev–Trinajstić information content (AvgIpc) is 2.51. The normalized spacial score (nSPS) is 23.0. The predicted octanol–water partition coefficient (Wildman–Crippen LogP) is 2.55. The van der Waals surface area contributed by atoms with Crippen LogP contribution in [-0.2, 0) is 11.3 Å². The first-order valence-corrected chi connectivity index (χ1v) is 7.73. The minimum Gasteiger partial charge on any atom is -0.496 e. The molecule has 1 amide bonds. The Morgan fingerprint density at radius 3 is 2.79 bits per heavy atom. The topological polar surface area (TPSA) is 107 Å². The van der Waals surface area contributed by atoms with E-state index in [9.17, 15) is 14.9 Å². The van der Waals surface area contributed by atoms with Crippen LogP contribution >= 0.6 is 12.4 Å².